The molecular formula is C22H20F3N6NaO7S. The van der Waals surface area contributed by atoms with Crippen LogP contribution in [0.25, 0.3) is 0 Å². The van der Waals surface area contributed by atoms with Crippen molar-refractivity contribution in [3.8, 4) is 0 Å². The number of nitrogens with zero attached hydrogens (tertiary/aromatic N) is 4. The molecule has 4 heterocycles. The van der Waals surface area contributed by atoms with Gasteiger partial charge < -0.3 is 35.6 Å². The molecule has 40 heavy (non-hydrogen) atoms. The largest absolute Gasteiger partial charge is 1.00 e. The molecule has 1 aromatic heterocycles. The minimum Gasteiger partial charge on any atom is -0.543 e. The second-order valence-electron chi connectivity index (χ2n) is 8.78. The van der Waals surface area contributed by atoms with Crippen LogP contribution in [0.2, 0.25) is 0 Å². The molecule has 0 aliphatic carbocycles. The number of hydrogen-bond donors (Lipinski definition) is 2. The molecule has 3 aliphatic heterocycles. The van der Waals surface area contributed by atoms with Crippen LogP contribution in [-0.4, -0.2) is 81.5 Å². The number of aliphatic carboxylic acids is 1. The SMILES string of the molecule is CC(=O)O/N=C(\C(=O)N[C@@H]1C(=O)N2C(C(=O)[O-])=C(/C=C3\CCN(CC(F)(F)F)C3=O)CC[C@H]12)c1csc(N)n1.[Na+]. The average Bonchev–Trinajstić information content (AvgIpc) is 3.41. The van der Waals surface area contributed by atoms with Gasteiger partial charge in [0.2, 0.25) is 5.91 Å². The Morgan fingerprint density at radius 3 is 2.60 bits per heavy atom. The summed E-state index contributed by atoms with van der Waals surface area (Å²) in [4.78, 5) is 71.4. The second kappa shape index (κ2) is 12.1. The first-order valence-corrected chi connectivity index (χ1v) is 12.3. The van der Waals surface area contributed by atoms with Crippen LogP contribution >= 0.6 is 11.3 Å². The number of carbonyl (C=O) groups is 5. The van der Waals surface area contributed by atoms with Crippen LogP contribution in [-0.2, 0) is 28.8 Å². The van der Waals surface area contributed by atoms with E-state index in [4.69, 9.17) is 5.73 Å². The van der Waals surface area contributed by atoms with Gasteiger partial charge in [-0.3, -0.25) is 14.4 Å². The number of nitrogens with one attached hydrogen (secondary N) is 1. The minimum absolute atomic E-state index is 0. The number of amides is 3. The first-order valence-electron chi connectivity index (χ1n) is 11.4. The molecule has 1 aromatic rings. The molecule has 0 bridgehead atoms. The summed E-state index contributed by atoms with van der Waals surface area (Å²) in [6, 6.07) is -1.97. The van der Waals surface area contributed by atoms with Crippen molar-refractivity contribution in [1.29, 1.82) is 0 Å². The van der Waals surface area contributed by atoms with Crippen molar-refractivity contribution in [3.63, 3.8) is 0 Å². The van der Waals surface area contributed by atoms with E-state index in [0.717, 1.165) is 23.2 Å². The number of carbonyl (C=O) groups excluding carboxylic acids is 5. The molecule has 0 spiro atoms. The Labute approximate surface area is 250 Å². The summed E-state index contributed by atoms with van der Waals surface area (Å²) in [6.07, 6.45) is -3.22. The Bertz CT molecular complexity index is 1360. The Hall–Kier alpha value is -3.28. The molecule has 13 nitrogen and oxygen atoms in total. The summed E-state index contributed by atoms with van der Waals surface area (Å²) >= 11 is 0.985. The Kier molecular flexibility index (Phi) is 9.43. The number of carboxylic acid groups (broad SMARTS) is 1. The number of anilines is 1. The van der Waals surface area contributed by atoms with E-state index in [9.17, 15) is 42.3 Å². The number of carboxylic acids is 1. The Balaban J connectivity index is 0.00000441. The molecule has 18 heteroatoms. The van der Waals surface area contributed by atoms with E-state index in [2.05, 4.69) is 20.3 Å². The third-order valence-electron chi connectivity index (χ3n) is 6.13. The predicted octanol–water partition coefficient (Wildman–Crippen LogP) is -3.79. The van der Waals surface area contributed by atoms with Crippen molar-refractivity contribution >= 4 is 51.8 Å². The number of oxime groups is 1. The van der Waals surface area contributed by atoms with Crippen molar-refractivity contribution in [2.24, 2.45) is 5.16 Å². The fraction of sp³-hybridized carbons (Fsp3) is 0.409. The molecule has 0 saturated carbocycles. The van der Waals surface area contributed by atoms with Crippen molar-refractivity contribution in [3.05, 3.63) is 34.0 Å². The summed E-state index contributed by atoms with van der Waals surface area (Å²) in [7, 11) is 0. The van der Waals surface area contributed by atoms with Crippen LogP contribution in [0.15, 0.2) is 33.5 Å². The van der Waals surface area contributed by atoms with Crippen LogP contribution in [0.3, 0.4) is 0 Å². The summed E-state index contributed by atoms with van der Waals surface area (Å²) < 4.78 is 38.1. The zero-order chi connectivity index (χ0) is 28.6. The van der Waals surface area contributed by atoms with Crippen molar-refractivity contribution in [1.82, 2.24) is 20.1 Å². The zero-order valence-corrected chi connectivity index (χ0v) is 23.9. The fourth-order valence-corrected chi connectivity index (χ4v) is 5.07. The van der Waals surface area contributed by atoms with Gasteiger partial charge in [0.05, 0.1) is 17.7 Å². The summed E-state index contributed by atoms with van der Waals surface area (Å²) in [5.74, 6) is -5.16. The maximum absolute atomic E-state index is 12.9. The van der Waals surface area contributed by atoms with Crippen LogP contribution in [0.5, 0.6) is 0 Å². The van der Waals surface area contributed by atoms with E-state index in [1.807, 2.05) is 0 Å². The normalized spacial score (nSPS) is 22.1. The number of allylic oxidation sites excluding steroid dienone is 2. The maximum Gasteiger partial charge on any atom is 1.00 e. The van der Waals surface area contributed by atoms with E-state index in [1.165, 1.54) is 11.5 Å². The number of alkyl halides is 3. The van der Waals surface area contributed by atoms with Crippen LogP contribution < -0.4 is 45.7 Å². The van der Waals surface area contributed by atoms with Gasteiger partial charge in [-0.15, -0.1) is 11.3 Å². The van der Waals surface area contributed by atoms with Gasteiger partial charge in [-0.25, -0.2) is 9.78 Å². The van der Waals surface area contributed by atoms with Gasteiger partial charge in [0.15, 0.2) is 10.8 Å². The molecule has 3 amide bonds. The number of thiazole rings is 1. The van der Waals surface area contributed by atoms with Crippen LogP contribution in [0.4, 0.5) is 18.3 Å². The number of hydrogen-bond acceptors (Lipinski definition) is 11. The van der Waals surface area contributed by atoms with Crippen LogP contribution in [0.1, 0.15) is 31.9 Å². The van der Waals surface area contributed by atoms with Gasteiger partial charge in [0, 0.05) is 24.4 Å². The first-order chi connectivity index (χ1) is 18.3. The number of halogens is 3. The number of likely N-dealkylation sites (tertiary alicyclic amines) is 1. The third-order valence-corrected chi connectivity index (χ3v) is 6.80. The molecular weight excluding hydrogens is 572 g/mol. The van der Waals surface area contributed by atoms with Crippen molar-refractivity contribution in [2.75, 3.05) is 18.8 Å². The molecule has 2 fully saturated rings. The predicted molar refractivity (Wildman–Crippen MR) is 124 cm³/mol. The van der Waals surface area contributed by atoms with Gasteiger partial charge in [-0.05, 0) is 30.9 Å². The standard InChI is InChI=1S/C22H21F3N6O7S.Na/c1-9(32)38-29-14(12-7-39-21(26)27-12)17(33)28-15-13-3-2-10(16(20(36)37)31(13)19(15)35)6-11-4-5-30(18(11)34)8-22(23,24)25;/h6-7,13,15H,2-5,8H2,1H3,(H2,26,27)(H,28,33)(H,36,37);/q;+1/p-1/b11-6+,29-14-;/t13-,15+;/m1./s1. The third kappa shape index (κ3) is 6.54. The monoisotopic (exact) mass is 592 g/mol. The van der Waals surface area contributed by atoms with Gasteiger partial charge in [-0.1, -0.05) is 5.16 Å². The molecule has 208 valence electrons. The molecule has 3 N–H and O–H groups in total. The Morgan fingerprint density at radius 1 is 1.32 bits per heavy atom. The number of fused-ring (bicyclic) bond motifs is 1. The molecule has 3 aliphatic rings. The van der Waals surface area contributed by atoms with Crippen molar-refractivity contribution < 1.29 is 76.6 Å². The molecule has 2 atom stereocenters. The molecule has 4 rings (SSSR count). The number of rotatable bonds is 7. The smallest absolute Gasteiger partial charge is 0.543 e. The molecule has 0 unspecified atom stereocenters. The Morgan fingerprint density at radius 2 is 2.02 bits per heavy atom. The quantitative estimate of drug-likeness (QED) is 0.0800. The van der Waals surface area contributed by atoms with Gasteiger partial charge >= 0.3 is 41.7 Å². The summed E-state index contributed by atoms with van der Waals surface area (Å²) in [5, 5.41) is 19.4. The van der Waals surface area contributed by atoms with Gasteiger partial charge in [-0.2, -0.15) is 13.2 Å². The number of aromatic nitrogens is 1. The van der Waals surface area contributed by atoms with E-state index in [0.29, 0.717) is 4.90 Å². The molecule has 2 saturated heterocycles. The zero-order valence-electron chi connectivity index (χ0n) is 21.1. The molecule has 0 aromatic carbocycles. The molecule has 0 radical (unpaired) electrons. The van der Waals surface area contributed by atoms with E-state index < -0.39 is 65.9 Å². The van der Waals surface area contributed by atoms with Gasteiger partial charge in [0.25, 0.3) is 11.8 Å². The first kappa shape index (κ1) is 31.3. The van der Waals surface area contributed by atoms with E-state index in [-0.39, 0.29) is 77.3 Å². The maximum atomic E-state index is 12.9. The fourth-order valence-electron chi connectivity index (χ4n) is 4.52. The second-order valence-corrected chi connectivity index (χ2v) is 9.67. The number of nitrogen functional groups attached to an aromatic ring is 1. The summed E-state index contributed by atoms with van der Waals surface area (Å²) in [6.45, 7) is -0.559. The number of β-lactam (4-membered cyclic amide) rings is 1. The topological polar surface area (TPSA) is 187 Å². The van der Waals surface area contributed by atoms with E-state index >= 15 is 0 Å². The van der Waals surface area contributed by atoms with Gasteiger partial charge in [0.1, 0.15) is 18.3 Å². The summed E-state index contributed by atoms with van der Waals surface area (Å²) in [5.41, 5.74) is 4.63. The average molecular weight is 592 g/mol. The van der Waals surface area contributed by atoms with Crippen molar-refractivity contribution in [2.45, 2.75) is 44.4 Å². The van der Waals surface area contributed by atoms with Crippen LogP contribution in [0, 0.1) is 0 Å². The minimum atomic E-state index is -4.59. The number of nitrogens with two attached hydrogens (primary N) is 1. The van der Waals surface area contributed by atoms with E-state index in [1.54, 1.807) is 0 Å².